The predicted molar refractivity (Wildman–Crippen MR) is 114 cm³/mol. The van der Waals surface area contributed by atoms with Crippen LogP contribution in [-0.4, -0.2) is 60.8 Å². The summed E-state index contributed by atoms with van der Waals surface area (Å²) in [6.07, 6.45) is 1.72. The number of hydrogen-bond acceptors (Lipinski definition) is 5. The van der Waals surface area contributed by atoms with Gasteiger partial charge in [-0.2, -0.15) is 4.98 Å². The first-order chi connectivity index (χ1) is 12.3. The van der Waals surface area contributed by atoms with Crippen molar-refractivity contribution in [3.8, 4) is 0 Å². The average Bonchev–Trinajstić information content (AvgIpc) is 3.08. The van der Waals surface area contributed by atoms with Crippen LogP contribution in [-0.2, 0) is 6.42 Å². The zero-order valence-corrected chi connectivity index (χ0v) is 17.7. The molecule has 0 aliphatic carbocycles. The van der Waals surface area contributed by atoms with Crippen LogP contribution in [0.1, 0.15) is 18.1 Å². The quantitative estimate of drug-likeness (QED) is 0.313. The molecule has 0 radical (unpaired) electrons. The summed E-state index contributed by atoms with van der Waals surface area (Å²) >= 11 is 0. The summed E-state index contributed by atoms with van der Waals surface area (Å²) < 4.78 is 5.13. The van der Waals surface area contributed by atoms with E-state index in [1.54, 1.807) is 0 Å². The van der Waals surface area contributed by atoms with Gasteiger partial charge in [0.15, 0.2) is 11.8 Å². The first kappa shape index (κ1) is 20.5. The van der Waals surface area contributed by atoms with E-state index >= 15 is 0 Å². The van der Waals surface area contributed by atoms with Crippen molar-refractivity contribution in [3.63, 3.8) is 0 Å². The Morgan fingerprint density at radius 1 is 1.19 bits per heavy atom. The number of para-hydroxylation sites is 1. The molecule has 1 aliphatic heterocycles. The number of halogens is 1. The molecule has 1 aliphatic rings. The summed E-state index contributed by atoms with van der Waals surface area (Å²) in [6.45, 7) is 6.63. The van der Waals surface area contributed by atoms with E-state index in [0.717, 1.165) is 51.5 Å². The van der Waals surface area contributed by atoms with E-state index in [2.05, 4.69) is 60.6 Å². The number of nitrogens with one attached hydrogen (secondary N) is 1. The molecule has 26 heavy (non-hydrogen) atoms. The van der Waals surface area contributed by atoms with Gasteiger partial charge in [0.25, 0.3) is 0 Å². The fourth-order valence-electron chi connectivity index (χ4n) is 3.03. The normalized spacial score (nSPS) is 14.9. The molecular formula is C18H27IN6O. The van der Waals surface area contributed by atoms with Crippen LogP contribution in [0.4, 0.5) is 5.69 Å². The van der Waals surface area contributed by atoms with Crippen LogP contribution in [0.3, 0.4) is 0 Å². The fraction of sp³-hybridized carbons (Fsp3) is 0.500. The molecule has 1 N–H and O–H groups in total. The number of aromatic nitrogens is 2. The molecule has 1 saturated heterocycles. The van der Waals surface area contributed by atoms with Gasteiger partial charge in [0.1, 0.15) is 0 Å². The number of aliphatic imine (C=N–C) groups is 1. The SMILES string of the molecule is CN=C(NCCCc1nc(C)no1)N1CCN(c2ccccc2)CC1.I. The van der Waals surface area contributed by atoms with E-state index in [1.165, 1.54) is 5.69 Å². The Balaban J connectivity index is 0.00000243. The highest BCUT2D eigenvalue weighted by molar-refractivity contribution is 14.0. The van der Waals surface area contributed by atoms with Crippen molar-refractivity contribution in [3.05, 3.63) is 42.0 Å². The lowest BCUT2D eigenvalue weighted by Crippen LogP contribution is -2.52. The van der Waals surface area contributed by atoms with Crippen LogP contribution in [0.15, 0.2) is 39.8 Å². The van der Waals surface area contributed by atoms with Crippen molar-refractivity contribution in [1.82, 2.24) is 20.4 Å². The van der Waals surface area contributed by atoms with Crippen LogP contribution in [0.2, 0.25) is 0 Å². The van der Waals surface area contributed by atoms with Crippen LogP contribution < -0.4 is 10.2 Å². The molecular weight excluding hydrogens is 443 g/mol. The van der Waals surface area contributed by atoms with Crippen molar-refractivity contribution in [2.75, 3.05) is 44.7 Å². The van der Waals surface area contributed by atoms with Gasteiger partial charge in [-0.1, -0.05) is 23.4 Å². The Morgan fingerprint density at radius 3 is 2.54 bits per heavy atom. The van der Waals surface area contributed by atoms with E-state index in [4.69, 9.17) is 4.52 Å². The molecule has 8 heteroatoms. The van der Waals surface area contributed by atoms with Gasteiger partial charge in [0.05, 0.1) is 0 Å². The fourth-order valence-corrected chi connectivity index (χ4v) is 3.03. The summed E-state index contributed by atoms with van der Waals surface area (Å²) in [7, 11) is 1.84. The molecule has 0 amide bonds. The third-order valence-electron chi connectivity index (χ3n) is 4.33. The summed E-state index contributed by atoms with van der Waals surface area (Å²) in [5, 5.41) is 7.25. The van der Waals surface area contributed by atoms with Gasteiger partial charge < -0.3 is 19.6 Å². The molecule has 1 fully saturated rings. The summed E-state index contributed by atoms with van der Waals surface area (Å²) in [5.41, 5.74) is 1.29. The molecule has 142 valence electrons. The van der Waals surface area contributed by atoms with Crippen molar-refractivity contribution in [2.24, 2.45) is 4.99 Å². The molecule has 2 aromatic rings. The Hall–Kier alpha value is -1.84. The van der Waals surface area contributed by atoms with Gasteiger partial charge in [-0.25, -0.2) is 0 Å². The molecule has 1 aromatic heterocycles. The smallest absolute Gasteiger partial charge is 0.226 e. The van der Waals surface area contributed by atoms with Gasteiger partial charge >= 0.3 is 0 Å². The van der Waals surface area contributed by atoms with Crippen LogP contribution in [0.5, 0.6) is 0 Å². The van der Waals surface area contributed by atoms with Crippen molar-refractivity contribution in [1.29, 1.82) is 0 Å². The Kier molecular flexibility index (Phi) is 8.14. The highest BCUT2D eigenvalue weighted by Crippen LogP contribution is 2.15. The number of guanidine groups is 1. The second-order valence-electron chi connectivity index (χ2n) is 6.12. The Morgan fingerprint density at radius 2 is 1.92 bits per heavy atom. The number of piperazine rings is 1. The molecule has 3 rings (SSSR count). The molecule has 0 atom stereocenters. The topological polar surface area (TPSA) is 69.8 Å². The van der Waals surface area contributed by atoms with E-state index in [1.807, 2.05) is 14.0 Å². The van der Waals surface area contributed by atoms with Gasteiger partial charge in [0, 0.05) is 51.9 Å². The van der Waals surface area contributed by atoms with Gasteiger partial charge in [0.2, 0.25) is 5.89 Å². The minimum Gasteiger partial charge on any atom is -0.368 e. The number of hydrogen-bond donors (Lipinski definition) is 1. The van der Waals surface area contributed by atoms with E-state index in [0.29, 0.717) is 11.7 Å². The average molecular weight is 470 g/mol. The molecule has 0 spiro atoms. The van der Waals surface area contributed by atoms with Crippen molar-refractivity contribution in [2.45, 2.75) is 19.8 Å². The summed E-state index contributed by atoms with van der Waals surface area (Å²) in [4.78, 5) is 13.4. The Bertz CT molecular complexity index is 682. The highest BCUT2D eigenvalue weighted by atomic mass is 127. The zero-order valence-electron chi connectivity index (χ0n) is 15.4. The van der Waals surface area contributed by atoms with Crippen LogP contribution >= 0.6 is 24.0 Å². The minimum absolute atomic E-state index is 0. The molecule has 2 heterocycles. The van der Waals surface area contributed by atoms with Crippen molar-refractivity contribution >= 4 is 35.6 Å². The first-order valence-corrected chi connectivity index (χ1v) is 8.81. The molecule has 7 nitrogen and oxygen atoms in total. The maximum atomic E-state index is 5.13. The predicted octanol–water partition coefficient (Wildman–Crippen LogP) is 2.33. The zero-order chi connectivity index (χ0) is 17.5. The van der Waals surface area contributed by atoms with Gasteiger partial charge in [-0.05, 0) is 25.5 Å². The maximum Gasteiger partial charge on any atom is 0.226 e. The standard InChI is InChI=1S/C18H26N6O.HI/c1-15-21-17(25-22-15)9-6-10-20-18(19-2)24-13-11-23(12-14-24)16-7-4-3-5-8-16;/h3-5,7-8H,6,9-14H2,1-2H3,(H,19,20);1H. The molecule has 1 aromatic carbocycles. The third kappa shape index (κ3) is 5.58. The van der Waals surface area contributed by atoms with Gasteiger partial charge in [-0.15, -0.1) is 24.0 Å². The highest BCUT2D eigenvalue weighted by Gasteiger charge is 2.19. The van der Waals surface area contributed by atoms with E-state index in [-0.39, 0.29) is 24.0 Å². The van der Waals surface area contributed by atoms with E-state index < -0.39 is 0 Å². The monoisotopic (exact) mass is 470 g/mol. The Labute approximate surface area is 171 Å². The number of benzene rings is 1. The molecule has 0 unspecified atom stereocenters. The lowest BCUT2D eigenvalue weighted by Gasteiger charge is -2.37. The number of anilines is 1. The van der Waals surface area contributed by atoms with Crippen LogP contribution in [0, 0.1) is 6.92 Å². The maximum absolute atomic E-state index is 5.13. The van der Waals surface area contributed by atoms with Gasteiger partial charge in [-0.3, -0.25) is 4.99 Å². The largest absolute Gasteiger partial charge is 0.368 e. The number of rotatable bonds is 5. The first-order valence-electron chi connectivity index (χ1n) is 8.81. The van der Waals surface area contributed by atoms with Crippen LogP contribution in [0.25, 0.3) is 0 Å². The summed E-state index contributed by atoms with van der Waals surface area (Å²) in [6, 6.07) is 10.6. The molecule has 0 bridgehead atoms. The third-order valence-corrected chi connectivity index (χ3v) is 4.33. The second kappa shape index (κ2) is 10.3. The number of nitrogens with zero attached hydrogens (tertiary/aromatic N) is 5. The minimum atomic E-state index is 0. The number of aryl methyl sites for hydroxylation is 2. The van der Waals surface area contributed by atoms with Crippen molar-refractivity contribution < 1.29 is 4.52 Å². The molecule has 0 saturated carbocycles. The lowest BCUT2D eigenvalue weighted by atomic mass is 10.2. The second-order valence-corrected chi connectivity index (χ2v) is 6.12. The summed E-state index contributed by atoms with van der Waals surface area (Å²) in [5.74, 6) is 2.36. The lowest BCUT2D eigenvalue weighted by molar-refractivity contribution is 0.365. The van der Waals surface area contributed by atoms with E-state index in [9.17, 15) is 0 Å².